The monoisotopic (exact) mass is 401 g/mol. The lowest BCUT2D eigenvalue weighted by molar-refractivity contribution is 0.615. The second kappa shape index (κ2) is 8.22. The van der Waals surface area contributed by atoms with Crippen molar-refractivity contribution >= 4 is 17.0 Å². The van der Waals surface area contributed by atoms with Gasteiger partial charge in [-0.05, 0) is 42.7 Å². The topological polar surface area (TPSA) is 66.5 Å². The third-order valence-electron chi connectivity index (χ3n) is 5.81. The summed E-state index contributed by atoms with van der Waals surface area (Å²) in [5.41, 5.74) is 4.25. The Hall–Kier alpha value is -3.28. The largest absolute Gasteiger partial charge is 0.351 e. The van der Waals surface area contributed by atoms with E-state index >= 15 is 0 Å². The molecule has 4 aromatic rings. The first-order valence-electron chi connectivity index (χ1n) is 10.6. The van der Waals surface area contributed by atoms with Gasteiger partial charge < -0.3 is 10.3 Å². The van der Waals surface area contributed by atoms with Crippen LogP contribution in [0.5, 0.6) is 0 Å². The number of aromatic nitrogens is 4. The van der Waals surface area contributed by atoms with E-state index in [2.05, 4.69) is 20.3 Å². The highest BCUT2D eigenvalue weighted by Gasteiger charge is 2.15. The second-order valence-electron chi connectivity index (χ2n) is 7.93. The van der Waals surface area contributed by atoms with Crippen molar-refractivity contribution in [3.05, 3.63) is 60.8 Å². The van der Waals surface area contributed by atoms with E-state index < -0.39 is 0 Å². The van der Waals surface area contributed by atoms with Gasteiger partial charge in [0.1, 0.15) is 11.5 Å². The van der Waals surface area contributed by atoms with Gasteiger partial charge in [0, 0.05) is 41.1 Å². The molecule has 3 aromatic heterocycles. The molecule has 5 nitrogen and oxygen atoms in total. The minimum absolute atomic E-state index is 0.257. The Kier molecular flexibility index (Phi) is 5.13. The first kappa shape index (κ1) is 18.7. The van der Waals surface area contributed by atoms with Gasteiger partial charge in [-0.25, -0.2) is 19.3 Å². The van der Waals surface area contributed by atoms with Crippen LogP contribution in [0.4, 0.5) is 10.3 Å². The van der Waals surface area contributed by atoms with Crippen molar-refractivity contribution in [2.75, 3.05) is 5.32 Å². The van der Waals surface area contributed by atoms with E-state index in [0.29, 0.717) is 12.0 Å². The Labute approximate surface area is 174 Å². The average Bonchev–Trinajstić information content (AvgIpc) is 3.02. The summed E-state index contributed by atoms with van der Waals surface area (Å²) in [5, 5.41) is 4.48. The van der Waals surface area contributed by atoms with Crippen LogP contribution < -0.4 is 5.32 Å². The van der Waals surface area contributed by atoms with Crippen LogP contribution in [-0.4, -0.2) is 26.0 Å². The van der Waals surface area contributed by atoms with Crippen LogP contribution >= 0.6 is 0 Å². The molecule has 0 bridgehead atoms. The molecule has 0 unspecified atom stereocenters. The lowest BCUT2D eigenvalue weighted by Gasteiger charge is -2.16. The molecule has 5 rings (SSSR count). The molecule has 1 aliphatic carbocycles. The highest BCUT2D eigenvalue weighted by atomic mass is 19.1. The predicted molar refractivity (Wildman–Crippen MR) is 118 cm³/mol. The number of pyridine rings is 1. The van der Waals surface area contributed by atoms with Crippen LogP contribution in [0.1, 0.15) is 38.5 Å². The van der Waals surface area contributed by atoms with Crippen LogP contribution in [-0.2, 0) is 0 Å². The van der Waals surface area contributed by atoms with E-state index in [1.165, 1.54) is 50.7 Å². The van der Waals surface area contributed by atoms with E-state index in [0.717, 1.165) is 33.4 Å². The number of H-pyrrole nitrogens is 1. The van der Waals surface area contributed by atoms with Crippen LogP contribution in [0.25, 0.3) is 33.4 Å². The normalized spacial score (nSPS) is 15.2. The molecule has 0 spiro atoms. The van der Waals surface area contributed by atoms with Crippen molar-refractivity contribution in [2.24, 2.45) is 0 Å². The molecule has 1 aromatic carbocycles. The summed E-state index contributed by atoms with van der Waals surface area (Å²) in [5.74, 6) is 0.412. The molecule has 152 valence electrons. The minimum Gasteiger partial charge on any atom is -0.351 e. The SMILES string of the molecule is Fc1cccc(-c2cnc3[nH]cc(-c4ccnc(NC5CCCCCC5)n4)c3c2)c1. The summed E-state index contributed by atoms with van der Waals surface area (Å²) in [4.78, 5) is 17.0. The lowest BCUT2D eigenvalue weighted by Crippen LogP contribution is -2.19. The summed E-state index contributed by atoms with van der Waals surface area (Å²) in [6, 6.07) is 10.9. The summed E-state index contributed by atoms with van der Waals surface area (Å²) >= 11 is 0. The summed E-state index contributed by atoms with van der Waals surface area (Å²) in [6.07, 6.45) is 13.0. The third-order valence-corrected chi connectivity index (χ3v) is 5.81. The lowest BCUT2D eigenvalue weighted by atomic mass is 10.0. The van der Waals surface area contributed by atoms with Crippen molar-refractivity contribution in [3.8, 4) is 22.4 Å². The highest BCUT2D eigenvalue weighted by Crippen LogP contribution is 2.30. The number of rotatable bonds is 4. The average molecular weight is 401 g/mol. The Morgan fingerprint density at radius 1 is 0.967 bits per heavy atom. The van der Waals surface area contributed by atoms with Crippen molar-refractivity contribution in [1.29, 1.82) is 0 Å². The molecule has 1 saturated carbocycles. The van der Waals surface area contributed by atoms with E-state index in [1.807, 2.05) is 24.4 Å². The molecule has 1 fully saturated rings. The number of nitrogens with zero attached hydrogens (tertiary/aromatic N) is 3. The number of anilines is 1. The van der Waals surface area contributed by atoms with Gasteiger partial charge in [0.15, 0.2) is 0 Å². The molecule has 3 heterocycles. The first-order chi connectivity index (χ1) is 14.8. The molecule has 0 radical (unpaired) electrons. The maximum Gasteiger partial charge on any atom is 0.223 e. The van der Waals surface area contributed by atoms with Crippen molar-refractivity contribution in [2.45, 2.75) is 44.6 Å². The standard InChI is InChI=1S/C24H24FN5/c25-18-7-5-6-16(12-18)17-13-20-21(15-28-23(20)27-14-17)22-10-11-26-24(30-22)29-19-8-3-1-2-4-9-19/h5-7,10-15,19H,1-4,8-9H2,(H,27,28)(H,26,29,30). The van der Waals surface area contributed by atoms with Gasteiger partial charge in [-0.2, -0.15) is 0 Å². The fraction of sp³-hybridized carbons (Fsp3) is 0.292. The zero-order valence-electron chi connectivity index (χ0n) is 16.7. The summed E-state index contributed by atoms with van der Waals surface area (Å²) in [6.45, 7) is 0. The maximum atomic E-state index is 13.7. The number of fused-ring (bicyclic) bond motifs is 1. The first-order valence-corrected chi connectivity index (χ1v) is 10.6. The Bertz CT molecular complexity index is 1160. The molecule has 6 heteroatoms. The number of halogens is 1. The zero-order valence-corrected chi connectivity index (χ0v) is 16.7. The molecular weight excluding hydrogens is 377 g/mol. The zero-order chi connectivity index (χ0) is 20.3. The van der Waals surface area contributed by atoms with Gasteiger partial charge in [-0.3, -0.25) is 0 Å². The van der Waals surface area contributed by atoms with Crippen LogP contribution in [0, 0.1) is 5.82 Å². The van der Waals surface area contributed by atoms with E-state index in [4.69, 9.17) is 4.98 Å². The third kappa shape index (κ3) is 3.90. The maximum absolute atomic E-state index is 13.7. The quantitative estimate of drug-likeness (QED) is 0.414. The Balaban J connectivity index is 1.48. The van der Waals surface area contributed by atoms with E-state index in [1.54, 1.807) is 18.5 Å². The molecule has 1 aliphatic rings. The molecule has 0 saturated heterocycles. The smallest absolute Gasteiger partial charge is 0.223 e. The van der Waals surface area contributed by atoms with Crippen LogP contribution in [0.15, 0.2) is 55.0 Å². The minimum atomic E-state index is -0.257. The van der Waals surface area contributed by atoms with Crippen LogP contribution in [0.3, 0.4) is 0 Å². The van der Waals surface area contributed by atoms with Gasteiger partial charge in [0.2, 0.25) is 5.95 Å². The Morgan fingerprint density at radius 2 is 1.83 bits per heavy atom. The number of hydrogen-bond donors (Lipinski definition) is 2. The van der Waals surface area contributed by atoms with Crippen molar-refractivity contribution in [3.63, 3.8) is 0 Å². The molecule has 30 heavy (non-hydrogen) atoms. The number of nitrogens with one attached hydrogen (secondary N) is 2. The van der Waals surface area contributed by atoms with E-state index in [-0.39, 0.29) is 5.82 Å². The summed E-state index contributed by atoms with van der Waals surface area (Å²) in [7, 11) is 0. The molecule has 0 atom stereocenters. The predicted octanol–water partition coefficient (Wildman–Crippen LogP) is 5.96. The van der Waals surface area contributed by atoms with Gasteiger partial charge in [0.25, 0.3) is 0 Å². The Morgan fingerprint density at radius 3 is 2.67 bits per heavy atom. The van der Waals surface area contributed by atoms with Crippen molar-refractivity contribution < 1.29 is 4.39 Å². The van der Waals surface area contributed by atoms with Gasteiger partial charge in [-0.15, -0.1) is 0 Å². The molecule has 0 amide bonds. The molecule has 0 aliphatic heterocycles. The summed E-state index contributed by atoms with van der Waals surface area (Å²) < 4.78 is 13.7. The van der Waals surface area contributed by atoms with Gasteiger partial charge >= 0.3 is 0 Å². The highest BCUT2D eigenvalue weighted by molar-refractivity contribution is 5.95. The second-order valence-corrected chi connectivity index (χ2v) is 7.93. The number of hydrogen-bond acceptors (Lipinski definition) is 4. The number of benzene rings is 1. The molecule has 2 N–H and O–H groups in total. The molecular formula is C24H24FN5. The fourth-order valence-electron chi connectivity index (χ4n) is 4.23. The van der Waals surface area contributed by atoms with Gasteiger partial charge in [0.05, 0.1) is 5.69 Å². The van der Waals surface area contributed by atoms with Crippen molar-refractivity contribution in [1.82, 2.24) is 19.9 Å². The van der Waals surface area contributed by atoms with E-state index in [9.17, 15) is 4.39 Å². The van der Waals surface area contributed by atoms with Crippen LogP contribution in [0.2, 0.25) is 0 Å². The fourth-order valence-corrected chi connectivity index (χ4v) is 4.23. The number of aromatic amines is 1. The van der Waals surface area contributed by atoms with Gasteiger partial charge in [-0.1, -0.05) is 37.8 Å².